The van der Waals surface area contributed by atoms with Crippen molar-refractivity contribution in [2.24, 2.45) is 0 Å². The predicted octanol–water partition coefficient (Wildman–Crippen LogP) is 3.00. The topological polar surface area (TPSA) is 42.4 Å². The van der Waals surface area contributed by atoms with E-state index in [1.54, 1.807) is 11.3 Å². The highest BCUT2D eigenvalue weighted by Gasteiger charge is 2.06. The van der Waals surface area contributed by atoms with Crippen molar-refractivity contribution >= 4 is 11.3 Å². The number of aliphatic hydroxyl groups excluding tert-OH is 1. The Morgan fingerprint density at radius 2 is 2.00 bits per heavy atom. The lowest BCUT2D eigenvalue weighted by Gasteiger charge is -2.04. The summed E-state index contributed by atoms with van der Waals surface area (Å²) in [5, 5.41) is 10.1. The molecule has 0 aliphatic carbocycles. The van der Waals surface area contributed by atoms with Crippen molar-refractivity contribution < 1.29 is 9.84 Å². The van der Waals surface area contributed by atoms with Crippen LogP contribution in [0.1, 0.15) is 22.0 Å². The van der Waals surface area contributed by atoms with Crippen LogP contribution in [0.4, 0.5) is 0 Å². The average Bonchev–Trinajstić information content (AvgIpc) is 2.77. The lowest BCUT2D eigenvalue weighted by Crippen LogP contribution is -1.99. The molecule has 0 unspecified atom stereocenters. The number of thiazole rings is 1. The number of aromatic nitrogens is 1. The third-order valence-corrected chi connectivity index (χ3v) is 4.10. The Kier molecular flexibility index (Phi) is 5.36. The summed E-state index contributed by atoms with van der Waals surface area (Å²) in [7, 11) is 0. The van der Waals surface area contributed by atoms with Gasteiger partial charge in [-0.1, -0.05) is 18.2 Å². The molecule has 3 nitrogen and oxygen atoms in total. The second-order valence-electron chi connectivity index (χ2n) is 4.35. The number of ether oxygens (including phenoxy) is 1. The van der Waals surface area contributed by atoms with E-state index in [1.807, 2.05) is 37.3 Å². The number of hydrogen-bond acceptors (Lipinski definition) is 4. The number of aryl methyl sites for hydroxylation is 2. The first-order valence-corrected chi connectivity index (χ1v) is 7.35. The smallest absolute Gasteiger partial charge is 0.119 e. The molecule has 102 valence electrons. The molecule has 0 spiro atoms. The summed E-state index contributed by atoms with van der Waals surface area (Å²) in [5.41, 5.74) is 1.05. The Morgan fingerprint density at radius 3 is 2.74 bits per heavy atom. The third-order valence-electron chi connectivity index (χ3n) is 2.82. The second kappa shape index (κ2) is 7.26. The van der Waals surface area contributed by atoms with Crippen LogP contribution in [-0.4, -0.2) is 23.3 Å². The van der Waals surface area contributed by atoms with Gasteiger partial charge < -0.3 is 9.84 Å². The Bertz CT molecular complexity index is 496. The minimum Gasteiger partial charge on any atom is -0.494 e. The molecular formula is C15H19NO2S. The fourth-order valence-corrected chi connectivity index (χ4v) is 2.96. The molecule has 0 aliphatic heterocycles. The Morgan fingerprint density at radius 1 is 1.21 bits per heavy atom. The average molecular weight is 277 g/mol. The van der Waals surface area contributed by atoms with Gasteiger partial charge in [0.1, 0.15) is 5.75 Å². The Labute approximate surface area is 117 Å². The molecule has 0 amide bonds. The zero-order valence-corrected chi connectivity index (χ0v) is 11.9. The van der Waals surface area contributed by atoms with Crippen LogP contribution in [0.15, 0.2) is 30.3 Å². The van der Waals surface area contributed by atoms with Crippen molar-refractivity contribution in [3.63, 3.8) is 0 Å². The van der Waals surface area contributed by atoms with E-state index in [9.17, 15) is 0 Å². The van der Waals surface area contributed by atoms with Gasteiger partial charge in [-0.2, -0.15) is 0 Å². The van der Waals surface area contributed by atoms with Crippen LogP contribution in [0.3, 0.4) is 0 Å². The highest BCUT2D eigenvalue weighted by molar-refractivity contribution is 7.11. The number of para-hydroxylation sites is 1. The van der Waals surface area contributed by atoms with Crippen LogP contribution in [-0.2, 0) is 12.8 Å². The minimum absolute atomic E-state index is 0.194. The number of hydrogen-bond donors (Lipinski definition) is 1. The molecular weight excluding hydrogens is 258 g/mol. The van der Waals surface area contributed by atoms with Crippen molar-refractivity contribution in [3.8, 4) is 5.75 Å². The van der Waals surface area contributed by atoms with Crippen molar-refractivity contribution in [3.05, 3.63) is 45.9 Å². The van der Waals surface area contributed by atoms with Crippen LogP contribution in [0, 0.1) is 6.92 Å². The molecule has 0 aliphatic rings. The first-order valence-electron chi connectivity index (χ1n) is 6.53. The van der Waals surface area contributed by atoms with Gasteiger partial charge in [-0.05, 0) is 25.5 Å². The summed E-state index contributed by atoms with van der Waals surface area (Å²) >= 11 is 1.70. The second-order valence-corrected chi connectivity index (χ2v) is 5.52. The zero-order valence-electron chi connectivity index (χ0n) is 11.1. The molecule has 0 bridgehead atoms. The van der Waals surface area contributed by atoms with Crippen molar-refractivity contribution in [2.45, 2.75) is 26.2 Å². The maximum Gasteiger partial charge on any atom is 0.119 e. The van der Waals surface area contributed by atoms with Gasteiger partial charge in [-0.15, -0.1) is 11.3 Å². The minimum atomic E-state index is 0.194. The van der Waals surface area contributed by atoms with Crippen LogP contribution >= 0.6 is 11.3 Å². The van der Waals surface area contributed by atoms with Gasteiger partial charge in [-0.25, -0.2) is 4.98 Å². The van der Waals surface area contributed by atoms with Gasteiger partial charge in [0.25, 0.3) is 0 Å². The highest BCUT2D eigenvalue weighted by atomic mass is 32.1. The molecule has 2 aromatic rings. The highest BCUT2D eigenvalue weighted by Crippen LogP contribution is 2.20. The van der Waals surface area contributed by atoms with Gasteiger partial charge in [0, 0.05) is 24.3 Å². The van der Waals surface area contributed by atoms with Gasteiger partial charge in [0.05, 0.1) is 17.3 Å². The monoisotopic (exact) mass is 277 g/mol. The Hall–Kier alpha value is -1.39. The molecule has 0 saturated heterocycles. The van der Waals surface area contributed by atoms with E-state index in [0.29, 0.717) is 13.0 Å². The van der Waals surface area contributed by atoms with E-state index in [0.717, 1.165) is 29.3 Å². The van der Waals surface area contributed by atoms with Gasteiger partial charge in [-0.3, -0.25) is 0 Å². The van der Waals surface area contributed by atoms with Crippen LogP contribution in [0.5, 0.6) is 5.75 Å². The first-order chi connectivity index (χ1) is 9.29. The molecule has 0 fully saturated rings. The summed E-state index contributed by atoms with van der Waals surface area (Å²) in [6.45, 7) is 2.91. The van der Waals surface area contributed by atoms with Crippen molar-refractivity contribution in [2.75, 3.05) is 13.2 Å². The molecule has 4 heteroatoms. The Balaban J connectivity index is 1.75. The molecule has 0 saturated carbocycles. The number of benzene rings is 1. The molecule has 1 N–H and O–H groups in total. The predicted molar refractivity (Wildman–Crippen MR) is 77.9 cm³/mol. The molecule has 19 heavy (non-hydrogen) atoms. The van der Waals surface area contributed by atoms with Gasteiger partial charge in [0.15, 0.2) is 0 Å². The summed E-state index contributed by atoms with van der Waals surface area (Å²) in [5.74, 6) is 0.916. The summed E-state index contributed by atoms with van der Waals surface area (Å²) in [6.07, 6.45) is 2.61. The zero-order chi connectivity index (χ0) is 13.5. The number of rotatable bonds is 7. The largest absolute Gasteiger partial charge is 0.494 e. The summed E-state index contributed by atoms with van der Waals surface area (Å²) in [6, 6.07) is 9.86. The maximum absolute atomic E-state index is 8.95. The quantitative estimate of drug-likeness (QED) is 0.791. The van der Waals surface area contributed by atoms with E-state index in [1.165, 1.54) is 4.88 Å². The summed E-state index contributed by atoms with van der Waals surface area (Å²) in [4.78, 5) is 5.72. The maximum atomic E-state index is 8.95. The van der Waals surface area contributed by atoms with Crippen LogP contribution in [0.25, 0.3) is 0 Å². The van der Waals surface area contributed by atoms with Gasteiger partial charge in [0.2, 0.25) is 0 Å². The lowest BCUT2D eigenvalue weighted by atomic mass is 10.3. The van der Waals surface area contributed by atoms with Crippen molar-refractivity contribution in [1.29, 1.82) is 0 Å². The van der Waals surface area contributed by atoms with Crippen LogP contribution in [0.2, 0.25) is 0 Å². The standard InChI is InChI=1S/C15H19NO2S/c1-12-14(9-10-17)19-15(16-12)8-5-11-18-13-6-3-2-4-7-13/h2-4,6-7,17H,5,8-11H2,1H3. The van der Waals surface area contributed by atoms with Crippen LogP contribution < -0.4 is 4.74 Å². The van der Waals surface area contributed by atoms with E-state index in [2.05, 4.69) is 4.98 Å². The van der Waals surface area contributed by atoms with E-state index < -0.39 is 0 Å². The van der Waals surface area contributed by atoms with Gasteiger partial charge >= 0.3 is 0 Å². The van der Waals surface area contributed by atoms with E-state index >= 15 is 0 Å². The first kappa shape index (κ1) is 14.0. The molecule has 0 radical (unpaired) electrons. The SMILES string of the molecule is Cc1nc(CCCOc2ccccc2)sc1CCO. The fraction of sp³-hybridized carbons (Fsp3) is 0.400. The molecule has 2 rings (SSSR count). The molecule has 1 aromatic carbocycles. The number of nitrogens with zero attached hydrogens (tertiary/aromatic N) is 1. The molecule has 1 aromatic heterocycles. The lowest BCUT2D eigenvalue weighted by molar-refractivity contribution is 0.300. The number of aliphatic hydroxyl groups is 1. The molecule has 1 heterocycles. The van der Waals surface area contributed by atoms with E-state index in [-0.39, 0.29) is 6.61 Å². The fourth-order valence-electron chi connectivity index (χ4n) is 1.86. The third kappa shape index (κ3) is 4.33. The van der Waals surface area contributed by atoms with E-state index in [4.69, 9.17) is 9.84 Å². The molecule has 0 atom stereocenters. The van der Waals surface area contributed by atoms with Crippen molar-refractivity contribution in [1.82, 2.24) is 4.98 Å². The normalized spacial score (nSPS) is 10.6. The summed E-state index contributed by atoms with van der Waals surface area (Å²) < 4.78 is 5.65.